The van der Waals surface area contributed by atoms with Crippen LogP contribution in [-0.4, -0.2) is 22.0 Å². The van der Waals surface area contributed by atoms with Gasteiger partial charge in [-0.2, -0.15) is 5.10 Å². The van der Waals surface area contributed by atoms with Crippen molar-refractivity contribution in [1.82, 2.24) is 9.97 Å². The van der Waals surface area contributed by atoms with E-state index in [1.54, 1.807) is 24.7 Å². The van der Waals surface area contributed by atoms with E-state index in [-0.39, 0.29) is 5.84 Å². The Kier molecular flexibility index (Phi) is 4.52. The second-order valence-corrected chi connectivity index (χ2v) is 3.61. The lowest BCUT2D eigenvalue weighted by Crippen LogP contribution is -2.14. The third kappa shape index (κ3) is 4.16. The molecule has 1 aromatic carbocycles. The predicted octanol–water partition coefficient (Wildman–Crippen LogP) is 1.88. The van der Waals surface area contributed by atoms with E-state index in [2.05, 4.69) is 20.2 Å². The van der Waals surface area contributed by atoms with Gasteiger partial charge in [0.15, 0.2) is 5.84 Å². The minimum Gasteiger partial charge on any atom is -0.380 e. The Hall–Kier alpha value is -2.82. The molecule has 1 aromatic heterocycles. The summed E-state index contributed by atoms with van der Waals surface area (Å²) in [6.07, 6.45) is 9.95. The Morgan fingerprint density at radius 2 is 2.00 bits per heavy atom. The number of nitrogens with zero attached hydrogens (tertiary/aromatic N) is 4. The smallest absolute Gasteiger partial charge is 0.173 e. The maximum Gasteiger partial charge on any atom is 0.173 e. The summed E-state index contributed by atoms with van der Waals surface area (Å²) in [4.78, 5) is 7.92. The molecule has 2 N–H and O–H groups in total. The molecule has 0 radical (unpaired) electrons. The highest BCUT2D eigenvalue weighted by molar-refractivity contribution is 5.95. The highest BCUT2D eigenvalue weighted by Crippen LogP contribution is 1.99. The van der Waals surface area contributed by atoms with Gasteiger partial charge >= 0.3 is 0 Å². The zero-order valence-electron chi connectivity index (χ0n) is 10.2. The molecule has 94 valence electrons. The number of hydrogen-bond donors (Lipinski definition) is 1. The molecule has 0 aliphatic rings. The molecular formula is C14H13N5. The van der Waals surface area contributed by atoms with Crippen molar-refractivity contribution in [1.29, 1.82) is 0 Å². The molecule has 0 amide bonds. The predicted molar refractivity (Wildman–Crippen MR) is 76.7 cm³/mol. The number of amidine groups is 1. The van der Waals surface area contributed by atoms with Crippen molar-refractivity contribution in [2.24, 2.45) is 15.9 Å². The van der Waals surface area contributed by atoms with Crippen LogP contribution in [0.1, 0.15) is 11.3 Å². The molecule has 5 heteroatoms. The SMILES string of the molecule is N\C(=N/N=C/C=C/c1ccccc1)c1cnccn1. The maximum atomic E-state index is 5.70. The minimum absolute atomic E-state index is 0.234. The molecule has 2 rings (SSSR count). The normalized spacial score (nSPS) is 12.3. The third-order valence-electron chi connectivity index (χ3n) is 2.23. The first kappa shape index (κ1) is 12.6. The summed E-state index contributed by atoms with van der Waals surface area (Å²) < 4.78 is 0. The Balaban J connectivity index is 1.95. The first-order valence-electron chi connectivity index (χ1n) is 5.71. The van der Waals surface area contributed by atoms with Crippen LogP contribution in [0.5, 0.6) is 0 Å². The van der Waals surface area contributed by atoms with E-state index >= 15 is 0 Å². The van der Waals surface area contributed by atoms with Crippen molar-refractivity contribution in [3.63, 3.8) is 0 Å². The number of benzene rings is 1. The van der Waals surface area contributed by atoms with Crippen LogP contribution in [-0.2, 0) is 0 Å². The van der Waals surface area contributed by atoms with Gasteiger partial charge in [0.05, 0.1) is 6.20 Å². The lowest BCUT2D eigenvalue weighted by atomic mass is 10.2. The lowest BCUT2D eigenvalue weighted by molar-refractivity contribution is 1.15. The van der Waals surface area contributed by atoms with Gasteiger partial charge in [0.2, 0.25) is 0 Å². The number of rotatable bonds is 4. The summed E-state index contributed by atoms with van der Waals surface area (Å²) in [6, 6.07) is 9.92. The molecule has 19 heavy (non-hydrogen) atoms. The Bertz CT molecular complexity index is 588. The quantitative estimate of drug-likeness (QED) is 0.512. The van der Waals surface area contributed by atoms with Crippen molar-refractivity contribution >= 4 is 18.1 Å². The van der Waals surface area contributed by atoms with E-state index in [1.165, 1.54) is 6.20 Å². The Morgan fingerprint density at radius 1 is 1.16 bits per heavy atom. The average Bonchev–Trinajstić information content (AvgIpc) is 2.49. The van der Waals surface area contributed by atoms with Crippen molar-refractivity contribution < 1.29 is 0 Å². The number of aromatic nitrogens is 2. The Labute approximate surface area is 111 Å². The highest BCUT2D eigenvalue weighted by atomic mass is 15.2. The van der Waals surface area contributed by atoms with Crippen LogP contribution in [0, 0.1) is 0 Å². The summed E-state index contributed by atoms with van der Waals surface area (Å²) in [5.41, 5.74) is 7.30. The molecule has 0 atom stereocenters. The summed E-state index contributed by atoms with van der Waals surface area (Å²) in [5.74, 6) is 0.234. The molecule has 0 saturated carbocycles. The van der Waals surface area contributed by atoms with E-state index in [0.29, 0.717) is 5.69 Å². The van der Waals surface area contributed by atoms with Crippen molar-refractivity contribution in [3.05, 3.63) is 66.3 Å². The van der Waals surface area contributed by atoms with Gasteiger partial charge in [0, 0.05) is 18.6 Å². The van der Waals surface area contributed by atoms with Gasteiger partial charge in [-0.1, -0.05) is 36.4 Å². The number of allylic oxidation sites excluding steroid dienone is 1. The van der Waals surface area contributed by atoms with E-state index in [1.807, 2.05) is 36.4 Å². The van der Waals surface area contributed by atoms with Crippen LogP contribution < -0.4 is 5.73 Å². The van der Waals surface area contributed by atoms with Gasteiger partial charge in [-0.25, -0.2) is 4.98 Å². The van der Waals surface area contributed by atoms with Crippen LogP contribution in [0.3, 0.4) is 0 Å². The number of hydrogen-bond acceptors (Lipinski definition) is 4. The molecule has 0 bridgehead atoms. The first-order chi connectivity index (χ1) is 9.36. The van der Waals surface area contributed by atoms with Crippen molar-refractivity contribution in [2.75, 3.05) is 0 Å². The highest BCUT2D eigenvalue weighted by Gasteiger charge is 1.96. The Morgan fingerprint density at radius 3 is 2.74 bits per heavy atom. The summed E-state index contributed by atoms with van der Waals surface area (Å²) >= 11 is 0. The molecule has 0 spiro atoms. The van der Waals surface area contributed by atoms with E-state index in [0.717, 1.165) is 5.56 Å². The molecule has 0 unspecified atom stereocenters. The van der Waals surface area contributed by atoms with Gasteiger partial charge in [0.1, 0.15) is 5.69 Å². The van der Waals surface area contributed by atoms with Gasteiger partial charge in [-0.05, 0) is 11.6 Å². The molecule has 2 aromatic rings. The molecule has 5 nitrogen and oxygen atoms in total. The van der Waals surface area contributed by atoms with Gasteiger partial charge in [-0.3, -0.25) is 4.98 Å². The second-order valence-electron chi connectivity index (χ2n) is 3.61. The van der Waals surface area contributed by atoms with Gasteiger partial charge in [0.25, 0.3) is 0 Å². The molecule has 1 heterocycles. The molecule has 0 aliphatic carbocycles. The zero-order chi connectivity index (χ0) is 13.3. The average molecular weight is 251 g/mol. The minimum atomic E-state index is 0.234. The largest absolute Gasteiger partial charge is 0.380 e. The van der Waals surface area contributed by atoms with E-state index < -0.39 is 0 Å². The van der Waals surface area contributed by atoms with Gasteiger partial charge in [-0.15, -0.1) is 5.10 Å². The fourth-order valence-electron chi connectivity index (χ4n) is 1.33. The zero-order valence-corrected chi connectivity index (χ0v) is 10.2. The van der Waals surface area contributed by atoms with Crippen LogP contribution in [0.15, 0.2) is 65.2 Å². The summed E-state index contributed by atoms with van der Waals surface area (Å²) in [7, 11) is 0. The van der Waals surface area contributed by atoms with E-state index in [9.17, 15) is 0 Å². The monoisotopic (exact) mass is 251 g/mol. The molecule has 0 saturated heterocycles. The molecule has 0 fully saturated rings. The molecular weight excluding hydrogens is 238 g/mol. The van der Waals surface area contributed by atoms with Crippen LogP contribution in [0.25, 0.3) is 6.08 Å². The summed E-state index contributed by atoms with van der Waals surface area (Å²) in [6.45, 7) is 0. The second kappa shape index (κ2) is 6.80. The van der Waals surface area contributed by atoms with Gasteiger partial charge < -0.3 is 5.73 Å². The number of nitrogens with two attached hydrogens (primary N) is 1. The summed E-state index contributed by atoms with van der Waals surface area (Å²) in [5, 5.41) is 7.68. The van der Waals surface area contributed by atoms with E-state index in [4.69, 9.17) is 5.73 Å². The maximum absolute atomic E-state index is 5.70. The molecule has 0 aliphatic heterocycles. The fraction of sp³-hybridized carbons (Fsp3) is 0. The fourth-order valence-corrected chi connectivity index (χ4v) is 1.33. The van der Waals surface area contributed by atoms with Crippen LogP contribution >= 0.6 is 0 Å². The topological polar surface area (TPSA) is 76.5 Å². The van der Waals surface area contributed by atoms with Crippen molar-refractivity contribution in [2.45, 2.75) is 0 Å². The first-order valence-corrected chi connectivity index (χ1v) is 5.71. The van der Waals surface area contributed by atoms with Crippen LogP contribution in [0.2, 0.25) is 0 Å². The van der Waals surface area contributed by atoms with Crippen LogP contribution in [0.4, 0.5) is 0 Å². The lowest BCUT2D eigenvalue weighted by Gasteiger charge is -1.94. The standard InChI is InChI=1S/C14H13N5/c15-14(13-11-16-9-10-17-13)19-18-8-4-7-12-5-2-1-3-6-12/h1-11H,(H2,15,19)/b7-4+,18-8+. The van der Waals surface area contributed by atoms with Crippen molar-refractivity contribution in [3.8, 4) is 0 Å². The third-order valence-corrected chi connectivity index (χ3v) is 2.23.